The number of ether oxygens (including phenoxy) is 1. The maximum atomic E-state index is 13.1. The molecule has 0 amide bonds. The summed E-state index contributed by atoms with van der Waals surface area (Å²) in [4.78, 5) is 17.6. The molecule has 0 aliphatic heterocycles. The molecule has 4 rings (SSSR count). The van der Waals surface area contributed by atoms with E-state index in [4.69, 9.17) is 16.3 Å². The van der Waals surface area contributed by atoms with Crippen molar-refractivity contribution in [1.29, 1.82) is 0 Å². The molecule has 0 aliphatic carbocycles. The van der Waals surface area contributed by atoms with Crippen LogP contribution in [0.5, 0.6) is 0 Å². The summed E-state index contributed by atoms with van der Waals surface area (Å²) in [7, 11) is 1.83. The monoisotopic (exact) mass is 423 g/mol. The van der Waals surface area contributed by atoms with Crippen molar-refractivity contribution in [1.82, 2.24) is 19.3 Å². The first-order chi connectivity index (χ1) is 14.2. The van der Waals surface area contributed by atoms with Crippen LogP contribution < -0.4 is 5.32 Å². The number of hydrogen-bond acceptors (Lipinski definition) is 5. The van der Waals surface area contributed by atoms with Crippen LogP contribution >= 0.6 is 11.6 Å². The normalized spacial score (nSPS) is 11.6. The molecular formula is C22H22ClN5O2. The van der Waals surface area contributed by atoms with Gasteiger partial charge in [-0.15, -0.1) is 0 Å². The van der Waals surface area contributed by atoms with Gasteiger partial charge in [0, 0.05) is 36.5 Å². The Morgan fingerprint density at radius 1 is 1.17 bits per heavy atom. The Labute approximate surface area is 179 Å². The third-order valence-electron chi connectivity index (χ3n) is 4.40. The van der Waals surface area contributed by atoms with Crippen LogP contribution in [0, 0.1) is 0 Å². The van der Waals surface area contributed by atoms with Gasteiger partial charge in [0.25, 0.3) is 0 Å². The van der Waals surface area contributed by atoms with E-state index in [9.17, 15) is 4.79 Å². The molecule has 30 heavy (non-hydrogen) atoms. The summed E-state index contributed by atoms with van der Waals surface area (Å²) in [6, 6.07) is 11.1. The van der Waals surface area contributed by atoms with E-state index in [1.165, 1.54) is 0 Å². The molecule has 7 nitrogen and oxygen atoms in total. The second kappa shape index (κ2) is 7.50. The molecule has 0 fully saturated rings. The fourth-order valence-electron chi connectivity index (χ4n) is 3.14. The molecule has 0 saturated heterocycles. The third kappa shape index (κ3) is 4.02. The zero-order valence-electron chi connectivity index (χ0n) is 17.2. The minimum absolute atomic E-state index is 0.466. The summed E-state index contributed by atoms with van der Waals surface area (Å²) >= 11 is 6.25. The number of halogens is 1. The van der Waals surface area contributed by atoms with Crippen molar-refractivity contribution in [2.24, 2.45) is 7.05 Å². The summed E-state index contributed by atoms with van der Waals surface area (Å²) in [5, 5.41) is 8.83. The molecule has 0 bridgehead atoms. The van der Waals surface area contributed by atoms with Crippen molar-refractivity contribution in [2.45, 2.75) is 26.4 Å². The van der Waals surface area contributed by atoms with Crippen molar-refractivity contribution in [3.8, 4) is 11.3 Å². The Morgan fingerprint density at radius 3 is 2.60 bits per heavy atom. The number of para-hydroxylation sites is 1. The maximum Gasteiger partial charge on any atom is 0.419 e. The molecule has 0 atom stereocenters. The lowest BCUT2D eigenvalue weighted by atomic mass is 10.2. The highest BCUT2D eigenvalue weighted by atomic mass is 35.5. The zero-order valence-corrected chi connectivity index (χ0v) is 17.9. The van der Waals surface area contributed by atoms with Gasteiger partial charge in [-0.2, -0.15) is 5.10 Å². The number of nitrogens with zero attached hydrogens (tertiary/aromatic N) is 4. The number of fused-ring (bicyclic) bond motifs is 1. The zero-order chi connectivity index (χ0) is 21.5. The van der Waals surface area contributed by atoms with Gasteiger partial charge >= 0.3 is 6.09 Å². The van der Waals surface area contributed by atoms with Crippen LogP contribution in [0.15, 0.2) is 55.0 Å². The van der Waals surface area contributed by atoms with E-state index >= 15 is 0 Å². The van der Waals surface area contributed by atoms with E-state index in [1.807, 2.05) is 64.3 Å². The minimum Gasteiger partial charge on any atom is -0.443 e. The summed E-state index contributed by atoms with van der Waals surface area (Å²) in [5.74, 6) is 0.566. The maximum absolute atomic E-state index is 13.1. The fourth-order valence-corrected chi connectivity index (χ4v) is 3.32. The van der Waals surface area contributed by atoms with Crippen LogP contribution in [-0.2, 0) is 11.8 Å². The number of rotatable bonds is 3. The molecule has 8 heteroatoms. The second-order valence-electron chi connectivity index (χ2n) is 7.98. The number of carbonyl (C=O) groups excluding carboxylic acids is 1. The molecule has 3 aromatic heterocycles. The Bertz CT molecular complexity index is 1240. The van der Waals surface area contributed by atoms with Crippen molar-refractivity contribution in [3.05, 3.63) is 60.0 Å². The van der Waals surface area contributed by atoms with E-state index in [-0.39, 0.29) is 0 Å². The van der Waals surface area contributed by atoms with Crippen molar-refractivity contribution < 1.29 is 9.53 Å². The number of pyridine rings is 1. The highest BCUT2D eigenvalue weighted by molar-refractivity contribution is 6.33. The van der Waals surface area contributed by atoms with E-state index in [1.54, 1.807) is 27.7 Å². The summed E-state index contributed by atoms with van der Waals surface area (Å²) in [6.45, 7) is 5.52. The summed E-state index contributed by atoms with van der Waals surface area (Å²) in [5.41, 5.74) is 2.26. The van der Waals surface area contributed by atoms with Crippen LogP contribution in [-0.4, -0.2) is 31.0 Å². The number of benzene rings is 1. The Morgan fingerprint density at radius 2 is 1.93 bits per heavy atom. The third-order valence-corrected chi connectivity index (χ3v) is 4.73. The number of hydrogen-bond donors (Lipinski definition) is 1. The molecule has 1 aromatic carbocycles. The average Bonchev–Trinajstić information content (AvgIpc) is 3.25. The van der Waals surface area contributed by atoms with Crippen molar-refractivity contribution >= 4 is 40.1 Å². The first kappa shape index (κ1) is 20.0. The molecule has 4 aromatic rings. The Kier molecular flexibility index (Phi) is 4.99. The topological polar surface area (TPSA) is 74.0 Å². The molecule has 154 valence electrons. The quantitative estimate of drug-likeness (QED) is 0.463. The molecule has 0 saturated carbocycles. The van der Waals surface area contributed by atoms with Gasteiger partial charge in [0.1, 0.15) is 11.4 Å². The molecule has 3 heterocycles. The van der Waals surface area contributed by atoms with Crippen LogP contribution in [0.3, 0.4) is 0 Å². The van der Waals surface area contributed by atoms with Gasteiger partial charge in [-0.25, -0.2) is 14.3 Å². The second-order valence-corrected chi connectivity index (χ2v) is 8.39. The lowest BCUT2D eigenvalue weighted by molar-refractivity contribution is 0.0547. The van der Waals surface area contributed by atoms with Gasteiger partial charge in [-0.1, -0.05) is 23.7 Å². The lowest BCUT2D eigenvalue weighted by Gasteiger charge is -2.21. The predicted molar refractivity (Wildman–Crippen MR) is 118 cm³/mol. The van der Waals surface area contributed by atoms with E-state index < -0.39 is 11.7 Å². The van der Waals surface area contributed by atoms with E-state index in [2.05, 4.69) is 15.4 Å². The van der Waals surface area contributed by atoms with E-state index in [0.717, 1.165) is 16.6 Å². The van der Waals surface area contributed by atoms with Gasteiger partial charge in [0.05, 0.1) is 28.1 Å². The fraction of sp³-hybridized carbons (Fsp3) is 0.227. The number of nitrogens with one attached hydrogen (secondary N) is 1. The van der Waals surface area contributed by atoms with Crippen molar-refractivity contribution in [2.75, 3.05) is 5.32 Å². The van der Waals surface area contributed by atoms with Crippen molar-refractivity contribution in [3.63, 3.8) is 0 Å². The molecule has 1 N–H and O–H groups in total. The van der Waals surface area contributed by atoms with Crippen LogP contribution in [0.25, 0.3) is 22.2 Å². The SMILES string of the molecule is Cn1cc(-c2cc3cnc(Nc4ccccc4Cl)cc3n2C(=O)OC(C)(C)C)cn1. The number of aryl methyl sites for hydroxylation is 1. The largest absolute Gasteiger partial charge is 0.443 e. The van der Waals surface area contributed by atoms with Gasteiger partial charge in [-0.3, -0.25) is 4.68 Å². The highest BCUT2D eigenvalue weighted by Crippen LogP contribution is 2.31. The summed E-state index contributed by atoms with van der Waals surface area (Å²) < 4.78 is 8.91. The van der Waals surface area contributed by atoms with Gasteiger partial charge in [0.2, 0.25) is 0 Å². The Balaban J connectivity index is 1.84. The van der Waals surface area contributed by atoms with Crippen LogP contribution in [0.1, 0.15) is 20.8 Å². The summed E-state index contributed by atoms with van der Waals surface area (Å²) in [6.07, 6.45) is 4.82. The smallest absolute Gasteiger partial charge is 0.419 e. The molecule has 0 aliphatic rings. The molecule has 0 spiro atoms. The molecule has 0 unspecified atom stereocenters. The van der Waals surface area contributed by atoms with Gasteiger partial charge < -0.3 is 10.1 Å². The van der Waals surface area contributed by atoms with Gasteiger partial charge in [-0.05, 0) is 39.0 Å². The van der Waals surface area contributed by atoms with Crippen LogP contribution in [0.4, 0.5) is 16.3 Å². The first-order valence-electron chi connectivity index (χ1n) is 9.47. The predicted octanol–water partition coefficient (Wildman–Crippen LogP) is 5.62. The molecular weight excluding hydrogens is 402 g/mol. The van der Waals surface area contributed by atoms with E-state index in [0.29, 0.717) is 22.1 Å². The van der Waals surface area contributed by atoms with Crippen LogP contribution in [0.2, 0.25) is 5.02 Å². The number of carbonyl (C=O) groups is 1. The standard InChI is InChI=1S/C22H22ClN5O2/c1-22(2,3)30-21(29)28-18(15-12-25-27(4)13-15)9-14-11-24-20(10-19(14)28)26-17-8-6-5-7-16(17)23/h5-13H,1-4H3,(H,24,26). The minimum atomic E-state index is -0.633. The lowest BCUT2D eigenvalue weighted by Crippen LogP contribution is -2.27. The first-order valence-corrected chi connectivity index (χ1v) is 9.84. The molecule has 0 radical (unpaired) electrons. The van der Waals surface area contributed by atoms with Gasteiger partial charge in [0.15, 0.2) is 0 Å². The number of aromatic nitrogens is 4. The average molecular weight is 424 g/mol. The Hall–Kier alpha value is -3.32. The highest BCUT2D eigenvalue weighted by Gasteiger charge is 2.24. The number of anilines is 2.